The van der Waals surface area contributed by atoms with Crippen LogP contribution in [0.3, 0.4) is 0 Å². The van der Waals surface area contributed by atoms with Gasteiger partial charge in [0, 0.05) is 16.7 Å². The van der Waals surface area contributed by atoms with Crippen LogP contribution in [0.2, 0.25) is 0 Å². The van der Waals surface area contributed by atoms with Gasteiger partial charge < -0.3 is 4.90 Å². The maximum absolute atomic E-state index is 13.6. The summed E-state index contributed by atoms with van der Waals surface area (Å²) in [7, 11) is 0. The third-order valence-corrected chi connectivity index (χ3v) is 6.11. The summed E-state index contributed by atoms with van der Waals surface area (Å²) in [6.45, 7) is 15.7. The predicted molar refractivity (Wildman–Crippen MR) is 98.2 cm³/mol. The number of likely N-dealkylation sites (tertiary alicyclic amines) is 1. The van der Waals surface area contributed by atoms with E-state index in [-0.39, 0.29) is 17.0 Å². The second kappa shape index (κ2) is 6.45. The summed E-state index contributed by atoms with van der Waals surface area (Å²) >= 11 is 0. The van der Waals surface area contributed by atoms with Crippen molar-refractivity contribution in [1.82, 2.24) is 4.90 Å². The van der Waals surface area contributed by atoms with Crippen molar-refractivity contribution in [2.75, 3.05) is 0 Å². The van der Waals surface area contributed by atoms with Gasteiger partial charge in [0.15, 0.2) is 0 Å². The molecule has 0 aromatic heterocycles. The Balaban J connectivity index is 2.40. The molecule has 1 saturated heterocycles. The Morgan fingerprint density at radius 3 is 2.35 bits per heavy atom. The van der Waals surface area contributed by atoms with Gasteiger partial charge in [-0.2, -0.15) is 0 Å². The Bertz CT molecular complexity index is 496. The van der Waals surface area contributed by atoms with Crippen molar-refractivity contribution in [2.24, 2.45) is 17.8 Å². The number of amides is 1. The van der Waals surface area contributed by atoms with Crippen molar-refractivity contribution in [3.05, 3.63) is 23.8 Å². The zero-order valence-electron chi connectivity index (χ0n) is 16.1. The third-order valence-electron chi connectivity index (χ3n) is 6.11. The van der Waals surface area contributed by atoms with Gasteiger partial charge in [-0.25, -0.2) is 0 Å². The summed E-state index contributed by atoms with van der Waals surface area (Å²) in [4.78, 5) is 15.8. The molecule has 1 amide bonds. The zero-order chi connectivity index (χ0) is 17.4. The molecule has 1 aliphatic carbocycles. The van der Waals surface area contributed by atoms with E-state index in [1.807, 2.05) is 0 Å². The monoisotopic (exact) mass is 317 g/mol. The van der Waals surface area contributed by atoms with Crippen LogP contribution in [0.25, 0.3) is 0 Å². The van der Waals surface area contributed by atoms with Crippen LogP contribution < -0.4 is 0 Å². The highest BCUT2D eigenvalue weighted by atomic mass is 16.2. The predicted octanol–water partition coefficient (Wildman–Crippen LogP) is 5.35. The van der Waals surface area contributed by atoms with Gasteiger partial charge in [0.05, 0.1) is 0 Å². The molecule has 23 heavy (non-hydrogen) atoms. The molecule has 2 heteroatoms. The molecule has 1 aliphatic heterocycles. The van der Waals surface area contributed by atoms with Gasteiger partial charge in [0.25, 0.3) is 5.91 Å². The number of rotatable bonds is 3. The van der Waals surface area contributed by atoms with Crippen molar-refractivity contribution < 1.29 is 4.79 Å². The van der Waals surface area contributed by atoms with Crippen molar-refractivity contribution in [1.29, 1.82) is 0 Å². The molecule has 0 spiro atoms. The van der Waals surface area contributed by atoms with E-state index in [1.165, 1.54) is 6.42 Å². The van der Waals surface area contributed by atoms with E-state index in [9.17, 15) is 4.79 Å². The number of allylic oxidation sites excluding steroid dienone is 3. The molecule has 2 nitrogen and oxygen atoms in total. The highest BCUT2D eigenvalue weighted by molar-refractivity contribution is 5.95. The molecule has 0 bridgehead atoms. The molecule has 0 radical (unpaired) electrons. The van der Waals surface area contributed by atoms with Crippen LogP contribution >= 0.6 is 0 Å². The number of carbonyl (C=O) groups excluding carboxylic acids is 1. The topological polar surface area (TPSA) is 20.3 Å². The number of piperidine rings is 1. The number of hydrogen-bond acceptors (Lipinski definition) is 1. The summed E-state index contributed by atoms with van der Waals surface area (Å²) in [5, 5.41) is 0. The van der Waals surface area contributed by atoms with Crippen LogP contribution in [0.1, 0.15) is 74.1 Å². The molecule has 0 aromatic carbocycles. The van der Waals surface area contributed by atoms with Crippen molar-refractivity contribution in [3.8, 4) is 0 Å². The summed E-state index contributed by atoms with van der Waals surface area (Å²) in [6.07, 6.45) is 10.9. The highest BCUT2D eigenvalue weighted by Crippen LogP contribution is 2.42. The first kappa shape index (κ1) is 18.3. The molecule has 1 unspecified atom stereocenters. The minimum absolute atomic E-state index is 0.0654. The molecule has 0 aromatic rings. The maximum atomic E-state index is 13.6. The second-order valence-corrected chi connectivity index (χ2v) is 8.90. The summed E-state index contributed by atoms with van der Waals surface area (Å²) in [5.74, 6) is 1.57. The molecule has 0 saturated carbocycles. The number of hydrogen-bond donors (Lipinski definition) is 0. The van der Waals surface area contributed by atoms with Crippen LogP contribution in [-0.4, -0.2) is 21.9 Å². The lowest BCUT2D eigenvalue weighted by Gasteiger charge is -2.54. The van der Waals surface area contributed by atoms with E-state index in [1.54, 1.807) is 0 Å². The smallest absolute Gasteiger partial charge is 0.250 e. The maximum Gasteiger partial charge on any atom is 0.250 e. The fourth-order valence-corrected chi connectivity index (χ4v) is 4.82. The van der Waals surface area contributed by atoms with Gasteiger partial charge >= 0.3 is 0 Å². The lowest BCUT2D eigenvalue weighted by Crippen LogP contribution is -2.61. The minimum Gasteiger partial charge on any atom is -0.329 e. The van der Waals surface area contributed by atoms with E-state index in [0.29, 0.717) is 17.8 Å². The van der Waals surface area contributed by atoms with Gasteiger partial charge in [0.2, 0.25) is 0 Å². The van der Waals surface area contributed by atoms with Crippen molar-refractivity contribution in [3.63, 3.8) is 0 Å². The van der Waals surface area contributed by atoms with Crippen molar-refractivity contribution >= 4 is 5.91 Å². The summed E-state index contributed by atoms with van der Waals surface area (Å²) < 4.78 is 0. The average molecular weight is 318 g/mol. The quantitative estimate of drug-likeness (QED) is 0.687. The van der Waals surface area contributed by atoms with Crippen molar-refractivity contribution in [2.45, 2.75) is 85.2 Å². The molecule has 3 atom stereocenters. The first-order chi connectivity index (χ1) is 10.6. The van der Waals surface area contributed by atoms with Crippen LogP contribution in [0.4, 0.5) is 0 Å². The Labute approximate surface area is 143 Å². The van der Waals surface area contributed by atoms with Gasteiger partial charge in [-0.15, -0.1) is 0 Å². The highest BCUT2D eigenvalue weighted by Gasteiger charge is 2.46. The molecule has 2 aliphatic rings. The fourth-order valence-electron chi connectivity index (χ4n) is 4.82. The second-order valence-electron chi connectivity index (χ2n) is 8.90. The number of carbonyl (C=O) groups is 1. The van der Waals surface area contributed by atoms with Gasteiger partial charge in [-0.05, 0) is 64.7 Å². The van der Waals surface area contributed by atoms with Crippen LogP contribution in [0.15, 0.2) is 23.8 Å². The first-order valence-corrected chi connectivity index (χ1v) is 9.35. The largest absolute Gasteiger partial charge is 0.329 e. The van der Waals surface area contributed by atoms with E-state index in [4.69, 9.17) is 0 Å². The van der Waals surface area contributed by atoms with E-state index in [2.05, 4.69) is 71.6 Å². The summed E-state index contributed by atoms with van der Waals surface area (Å²) in [5.41, 5.74) is 0.895. The zero-order valence-corrected chi connectivity index (χ0v) is 16.1. The Morgan fingerprint density at radius 1 is 1.26 bits per heavy atom. The molecular weight excluding hydrogens is 282 g/mol. The number of nitrogens with zero attached hydrogens (tertiary/aromatic N) is 1. The minimum atomic E-state index is -0.0654. The molecule has 0 N–H and O–H groups in total. The van der Waals surface area contributed by atoms with Crippen LogP contribution in [-0.2, 0) is 4.79 Å². The SMILES string of the molecule is CCC(C)[C@@H]1C(C(=O)N2C(C)(C)CCCC2(C)C)=CC=C[C@H]1C. The van der Waals surface area contributed by atoms with Gasteiger partial charge in [-0.3, -0.25) is 4.79 Å². The Hall–Kier alpha value is -1.05. The van der Waals surface area contributed by atoms with Gasteiger partial charge in [-0.1, -0.05) is 45.4 Å². The van der Waals surface area contributed by atoms with Crippen LogP contribution in [0.5, 0.6) is 0 Å². The standard InChI is InChI=1S/C21H35NO/c1-8-15(2)18-16(3)11-9-12-17(18)19(23)22-20(4,5)13-10-14-21(22,6)7/h9,11-12,15-16,18H,8,10,13-14H2,1-7H3/t15?,16-,18+/m1/s1. The first-order valence-electron chi connectivity index (χ1n) is 9.35. The fraction of sp³-hybridized carbons (Fsp3) is 0.762. The van der Waals surface area contributed by atoms with Gasteiger partial charge in [0.1, 0.15) is 0 Å². The molecular formula is C21H35NO. The lowest BCUT2D eigenvalue weighted by molar-refractivity contribution is -0.145. The van der Waals surface area contributed by atoms with E-state index < -0.39 is 0 Å². The Kier molecular flexibility index (Phi) is 5.13. The average Bonchev–Trinajstić information content (AvgIpc) is 2.44. The Morgan fingerprint density at radius 2 is 1.83 bits per heavy atom. The molecule has 2 rings (SSSR count). The third kappa shape index (κ3) is 3.41. The summed E-state index contributed by atoms with van der Waals surface area (Å²) in [6, 6.07) is 0. The normalized spacial score (nSPS) is 30.7. The van der Waals surface area contributed by atoms with E-state index in [0.717, 1.165) is 24.8 Å². The lowest BCUT2D eigenvalue weighted by atomic mass is 9.72. The van der Waals surface area contributed by atoms with E-state index >= 15 is 0 Å². The molecule has 1 heterocycles. The molecule has 130 valence electrons. The van der Waals surface area contributed by atoms with Crippen LogP contribution in [0, 0.1) is 17.8 Å². The molecule has 1 fully saturated rings.